The molecule has 0 aliphatic rings. The molecule has 0 atom stereocenters. The van der Waals surface area contributed by atoms with E-state index in [1.54, 1.807) is 19.1 Å². The highest BCUT2D eigenvalue weighted by Crippen LogP contribution is 2.14. The van der Waals surface area contributed by atoms with Gasteiger partial charge in [0.1, 0.15) is 0 Å². The molecule has 0 spiro atoms. The normalized spacial score (nSPS) is 9.79. The van der Waals surface area contributed by atoms with Gasteiger partial charge in [0.05, 0.1) is 12.0 Å². The summed E-state index contributed by atoms with van der Waals surface area (Å²) in [4.78, 5) is 21.3. The van der Waals surface area contributed by atoms with Crippen LogP contribution in [0.3, 0.4) is 0 Å². The fourth-order valence-corrected chi connectivity index (χ4v) is 1.29. The molecule has 0 amide bonds. The minimum Gasteiger partial charge on any atom is -0.481 e. The van der Waals surface area contributed by atoms with Crippen molar-refractivity contribution < 1.29 is 19.8 Å². The fraction of sp³-hybridized carbons (Fsp3) is 0.200. The van der Waals surface area contributed by atoms with Crippen molar-refractivity contribution in [2.45, 2.75) is 13.3 Å². The first-order valence-electron chi connectivity index (χ1n) is 4.06. The van der Waals surface area contributed by atoms with Crippen LogP contribution >= 0.6 is 0 Å². The van der Waals surface area contributed by atoms with Gasteiger partial charge in [0.25, 0.3) is 0 Å². The van der Waals surface area contributed by atoms with Gasteiger partial charge in [-0.05, 0) is 24.1 Å². The highest BCUT2D eigenvalue weighted by Gasteiger charge is 2.13. The van der Waals surface area contributed by atoms with Crippen LogP contribution in [0.1, 0.15) is 21.5 Å². The molecule has 0 aliphatic carbocycles. The van der Waals surface area contributed by atoms with E-state index < -0.39 is 11.9 Å². The minimum atomic E-state index is -1.09. The monoisotopic (exact) mass is 194 g/mol. The van der Waals surface area contributed by atoms with Crippen molar-refractivity contribution >= 4 is 11.9 Å². The Morgan fingerprint density at radius 1 is 1.29 bits per heavy atom. The number of aromatic carboxylic acids is 1. The van der Waals surface area contributed by atoms with Gasteiger partial charge >= 0.3 is 11.9 Å². The topological polar surface area (TPSA) is 74.6 Å². The summed E-state index contributed by atoms with van der Waals surface area (Å²) in [5.74, 6) is -2.12. The molecule has 0 saturated heterocycles. The van der Waals surface area contributed by atoms with Crippen LogP contribution in [0.4, 0.5) is 0 Å². The Bertz CT molecular complexity index is 382. The SMILES string of the molecule is Cc1cccc(C(=O)O)c1CC(=O)O. The lowest BCUT2D eigenvalue weighted by Gasteiger charge is -2.06. The van der Waals surface area contributed by atoms with Crippen LogP contribution in [0.2, 0.25) is 0 Å². The van der Waals surface area contributed by atoms with Gasteiger partial charge in [-0.2, -0.15) is 0 Å². The first-order chi connectivity index (χ1) is 6.52. The van der Waals surface area contributed by atoms with Gasteiger partial charge in [-0.3, -0.25) is 4.79 Å². The maximum absolute atomic E-state index is 10.8. The molecule has 4 heteroatoms. The first kappa shape index (κ1) is 10.2. The molecule has 2 N–H and O–H groups in total. The summed E-state index contributed by atoms with van der Waals surface area (Å²) < 4.78 is 0. The van der Waals surface area contributed by atoms with Crippen LogP contribution < -0.4 is 0 Å². The molecule has 0 heterocycles. The second-order valence-electron chi connectivity index (χ2n) is 2.98. The van der Waals surface area contributed by atoms with Gasteiger partial charge in [0.15, 0.2) is 0 Å². The summed E-state index contributed by atoms with van der Waals surface area (Å²) in [7, 11) is 0. The zero-order chi connectivity index (χ0) is 10.7. The summed E-state index contributed by atoms with van der Waals surface area (Å²) in [5, 5.41) is 17.4. The van der Waals surface area contributed by atoms with E-state index in [0.717, 1.165) is 0 Å². The molecule has 0 bridgehead atoms. The Balaban J connectivity index is 3.22. The molecular weight excluding hydrogens is 184 g/mol. The van der Waals surface area contributed by atoms with Crippen LogP contribution in [-0.4, -0.2) is 22.2 Å². The maximum atomic E-state index is 10.8. The molecule has 1 aromatic rings. The molecule has 14 heavy (non-hydrogen) atoms. The summed E-state index contributed by atoms with van der Waals surface area (Å²) in [6, 6.07) is 4.71. The van der Waals surface area contributed by atoms with Crippen molar-refractivity contribution in [3.05, 3.63) is 34.9 Å². The molecular formula is C10H10O4. The highest BCUT2D eigenvalue weighted by molar-refractivity contribution is 5.91. The lowest BCUT2D eigenvalue weighted by atomic mass is 9.99. The van der Waals surface area contributed by atoms with Crippen LogP contribution in [0.15, 0.2) is 18.2 Å². The third kappa shape index (κ3) is 2.10. The van der Waals surface area contributed by atoms with Crippen molar-refractivity contribution in [1.29, 1.82) is 0 Å². The predicted molar refractivity (Wildman–Crippen MR) is 49.5 cm³/mol. The molecule has 1 rings (SSSR count). The third-order valence-corrected chi connectivity index (χ3v) is 1.97. The molecule has 0 saturated carbocycles. The smallest absolute Gasteiger partial charge is 0.335 e. The average molecular weight is 194 g/mol. The second-order valence-corrected chi connectivity index (χ2v) is 2.98. The second kappa shape index (κ2) is 3.91. The van der Waals surface area contributed by atoms with Crippen LogP contribution in [-0.2, 0) is 11.2 Å². The molecule has 74 valence electrons. The van der Waals surface area contributed by atoms with Gasteiger partial charge in [-0.25, -0.2) is 4.79 Å². The predicted octanol–water partition coefficient (Wildman–Crippen LogP) is 1.32. The summed E-state index contributed by atoms with van der Waals surface area (Å²) in [6.45, 7) is 1.70. The number of hydrogen-bond acceptors (Lipinski definition) is 2. The van der Waals surface area contributed by atoms with Crippen LogP contribution in [0.25, 0.3) is 0 Å². The Labute approximate surface area is 80.8 Å². The number of carbonyl (C=O) groups is 2. The Kier molecular flexibility index (Phi) is 2.86. The molecule has 4 nitrogen and oxygen atoms in total. The molecule has 0 aromatic heterocycles. The lowest BCUT2D eigenvalue weighted by molar-refractivity contribution is -0.136. The van der Waals surface area contributed by atoms with Gasteiger partial charge in [0.2, 0.25) is 0 Å². The zero-order valence-electron chi connectivity index (χ0n) is 7.65. The van der Waals surface area contributed by atoms with E-state index >= 15 is 0 Å². The number of aliphatic carboxylic acids is 1. The van der Waals surface area contributed by atoms with E-state index in [0.29, 0.717) is 11.1 Å². The van der Waals surface area contributed by atoms with Crippen molar-refractivity contribution in [3.8, 4) is 0 Å². The number of aryl methyl sites for hydroxylation is 1. The Morgan fingerprint density at radius 2 is 1.93 bits per heavy atom. The summed E-state index contributed by atoms with van der Waals surface area (Å²) >= 11 is 0. The van der Waals surface area contributed by atoms with E-state index in [4.69, 9.17) is 10.2 Å². The van der Waals surface area contributed by atoms with Gasteiger partial charge < -0.3 is 10.2 Å². The standard InChI is InChI=1S/C10H10O4/c1-6-3-2-4-7(10(13)14)8(6)5-9(11)12/h2-4H,5H2,1H3,(H,11,12)(H,13,14). The number of carboxylic acid groups (broad SMARTS) is 2. The summed E-state index contributed by atoms with van der Waals surface area (Å²) in [6.07, 6.45) is -0.256. The van der Waals surface area contributed by atoms with E-state index in [-0.39, 0.29) is 12.0 Å². The maximum Gasteiger partial charge on any atom is 0.335 e. The minimum absolute atomic E-state index is 0.0624. The van der Waals surface area contributed by atoms with Crippen molar-refractivity contribution in [3.63, 3.8) is 0 Å². The molecule has 1 aromatic carbocycles. The van der Waals surface area contributed by atoms with Crippen molar-refractivity contribution in [2.24, 2.45) is 0 Å². The highest BCUT2D eigenvalue weighted by atomic mass is 16.4. The number of rotatable bonds is 3. The first-order valence-corrected chi connectivity index (χ1v) is 4.06. The van der Waals surface area contributed by atoms with Crippen molar-refractivity contribution in [2.75, 3.05) is 0 Å². The van der Waals surface area contributed by atoms with Gasteiger partial charge in [-0.1, -0.05) is 12.1 Å². The number of benzene rings is 1. The van der Waals surface area contributed by atoms with E-state index in [1.807, 2.05) is 0 Å². The Morgan fingerprint density at radius 3 is 2.43 bits per heavy atom. The molecule has 0 aliphatic heterocycles. The quantitative estimate of drug-likeness (QED) is 0.760. The van der Waals surface area contributed by atoms with Gasteiger partial charge in [-0.15, -0.1) is 0 Å². The van der Waals surface area contributed by atoms with E-state index in [2.05, 4.69) is 0 Å². The number of carboxylic acids is 2. The summed E-state index contributed by atoms with van der Waals surface area (Å²) in [5.41, 5.74) is 1.12. The van der Waals surface area contributed by atoms with Crippen LogP contribution in [0, 0.1) is 6.92 Å². The van der Waals surface area contributed by atoms with Gasteiger partial charge in [0, 0.05) is 0 Å². The lowest BCUT2D eigenvalue weighted by Crippen LogP contribution is -2.09. The van der Waals surface area contributed by atoms with Crippen LogP contribution in [0.5, 0.6) is 0 Å². The molecule has 0 radical (unpaired) electrons. The van der Waals surface area contributed by atoms with E-state index in [9.17, 15) is 9.59 Å². The zero-order valence-corrected chi connectivity index (χ0v) is 7.65. The number of hydrogen-bond donors (Lipinski definition) is 2. The molecule has 0 unspecified atom stereocenters. The van der Waals surface area contributed by atoms with E-state index in [1.165, 1.54) is 6.07 Å². The van der Waals surface area contributed by atoms with Crippen molar-refractivity contribution in [1.82, 2.24) is 0 Å². The molecule has 0 fully saturated rings. The Hall–Kier alpha value is -1.84. The largest absolute Gasteiger partial charge is 0.481 e. The third-order valence-electron chi connectivity index (χ3n) is 1.97. The fourth-order valence-electron chi connectivity index (χ4n) is 1.29. The average Bonchev–Trinajstić information content (AvgIpc) is 2.07.